The van der Waals surface area contributed by atoms with Crippen molar-refractivity contribution in [1.82, 2.24) is 15.5 Å². The molecule has 3 N–H and O–H groups in total. The average molecular weight is 382 g/mol. The SMILES string of the molecule is C[C@H]1C[C@@H](C(=O)NCc2ccccc2CN2CCC(O)CC2)CCN1.Cl. The predicted octanol–water partition coefficient (Wildman–Crippen LogP) is 2.07. The van der Waals surface area contributed by atoms with Gasteiger partial charge in [-0.15, -0.1) is 12.4 Å². The molecule has 2 atom stereocenters. The molecule has 26 heavy (non-hydrogen) atoms. The number of hydrogen-bond acceptors (Lipinski definition) is 4. The summed E-state index contributed by atoms with van der Waals surface area (Å²) in [7, 11) is 0. The summed E-state index contributed by atoms with van der Waals surface area (Å²) in [5.74, 6) is 0.316. The molecule has 2 aliphatic rings. The molecule has 1 aromatic rings. The molecule has 0 spiro atoms. The molecule has 0 saturated carbocycles. The Balaban J connectivity index is 0.00000243. The number of carbonyl (C=O) groups is 1. The van der Waals surface area contributed by atoms with E-state index in [0.29, 0.717) is 12.6 Å². The minimum atomic E-state index is -0.141. The van der Waals surface area contributed by atoms with E-state index in [1.165, 1.54) is 11.1 Å². The molecule has 2 heterocycles. The van der Waals surface area contributed by atoms with Gasteiger partial charge >= 0.3 is 0 Å². The topological polar surface area (TPSA) is 64.6 Å². The maximum Gasteiger partial charge on any atom is 0.223 e. The molecule has 146 valence electrons. The van der Waals surface area contributed by atoms with E-state index in [-0.39, 0.29) is 30.3 Å². The second-order valence-electron chi connectivity index (χ2n) is 7.57. The lowest BCUT2D eigenvalue weighted by Gasteiger charge is -2.30. The molecule has 0 radical (unpaired) electrons. The van der Waals surface area contributed by atoms with Gasteiger partial charge in [0.1, 0.15) is 0 Å². The Kier molecular flexibility index (Phi) is 8.35. The number of hydrogen-bond donors (Lipinski definition) is 3. The molecule has 3 rings (SSSR count). The van der Waals surface area contributed by atoms with E-state index in [0.717, 1.165) is 51.9 Å². The summed E-state index contributed by atoms with van der Waals surface area (Å²) in [6.45, 7) is 6.44. The van der Waals surface area contributed by atoms with E-state index < -0.39 is 0 Å². The van der Waals surface area contributed by atoms with Gasteiger partial charge in [0, 0.05) is 38.1 Å². The van der Waals surface area contributed by atoms with Crippen molar-refractivity contribution in [2.24, 2.45) is 5.92 Å². The van der Waals surface area contributed by atoms with Crippen molar-refractivity contribution in [2.75, 3.05) is 19.6 Å². The maximum absolute atomic E-state index is 12.5. The third-order valence-electron chi connectivity index (χ3n) is 5.52. The van der Waals surface area contributed by atoms with E-state index in [9.17, 15) is 9.90 Å². The summed E-state index contributed by atoms with van der Waals surface area (Å²) in [5, 5.41) is 16.2. The van der Waals surface area contributed by atoms with Crippen LogP contribution in [0.2, 0.25) is 0 Å². The molecule has 6 heteroatoms. The highest BCUT2D eigenvalue weighted by molar-refractivity contribution is 5.85. The van der Waals surface area contributed by atoms with Gasteiger partial charge in [0.15, 0.2) is 0 Å². The fraction of sp³-hybridized carbons (Fsp3) is 0.650. The molecule has 1 amide bonds. The fourth-order valence-corrected chi connectivity index (χ4v) is 3.90. The first-order valence-corrected chi connectivity index (χ1v) is 9.60. The van der Waals surface area contributed by atoms with Crippen molar-refractivity contribution in [3.8, 4) is 0 Å². The summed E-state index contributed by atoms with van der Waals surface area (Å²) >= 11 is 0. The van der Waals surface area contributed by atoms with Crippen molar-refractivity contribution in [3.05, 3.63) is 35.4 Å². The van der Waals surface area contributed by atoms with Gasteiger partial charge in [-0.3, -0.25) is 9.69 Å². The van der Waals surface area contributed by atoms with Crippen LogP contribution in [0.3, 0.4) is 0 Å². The van der Waals surface area contributed by atoms with E-state index in [4.69, 9.17) is 0 Å². The molecule has 2 fully saturated rings. The highest BCUT2D eigenvalue weighted by atomic mass is 35.5. The van der Waals surface area contributed by atoms with Crippen LogP contribution in [0, 0.1) is 5.92 Å². The second-order valence-corrected chi connectivity index (χ2v) is 7.57. The molecule has 2 saturated heterocycles. The number of halogens is 1. The molecule has 2 aliphatic heterocycles. The molecule has 0 unspecified atom stereocenters. The maximum atomic E-state index is 12.5. The number of carbonyl (C=O) groups excluding carboxylic acids is 1. The summed E-state index contributed by atoms with van der Waals surface area (Å²) in [5.41, 5.74) is 2.47. The number of aliphatic hydroxyl groups excluding tert-OH is 1. The van der Waals surface area contributed by atoms with Crippen LogP contribution in [-0.4, -0.2) is 47.7 Å². The summed E-state index contributed by atoms with van der Waals surface area (Å²) in [4.78, 5) is 14.9. The Bertz CT molecular complexity index is 576. The van der Waals surface area contributed by atoms with Gasteiger partial charge in [-0.05, 0) is 50.3 Å². The van der Waals surface area contributed by atoms with E-state index >= 15 is 0 Å². The standard InChI is InChI=1S/C20H31N3O2.ClH/c1-15-12-16(6-9-21-15)20(25)22-13-17-4-2-3-5-18(17)14-23-10-7-19(24)8-11-23;/h2-5,15-16,19,21,24H,6-14H2,1H3,(H,22,25);1H/t15-,16-;/m0./s1. The number of benzene rings is 1. The highest BCUT2D eigenvalue weighted by Gasteiger charge is 2.24. The van der Waals surface area contributed by atoms with Crippen molar-refractivity contribution < 1.29 is 9.90 Å². The quantitative estimate of drug-likeness (QED) is 0.730. The lowest BCUT2D eigenvalue weighted by Crippen LogP contribution is -2.42. The summed E-state index contributed by atoms with van der Waals surface area (Å²) in [6, 6.07) is 8.79. The van der Waals surface area contributed by atoms with Gasteiger partial charge in [0.05, 0.1) is 6.10 Å². The van der Waals surface area contributed by atoms with E-state index in [2.05, 4.69) is 40.7 Å². The largest absolute Gasteiger partial charge is 0.393 e. The zero-order valence-electron chi connectivity index (χ0n) is 15.6. The van der Waals surface area contributed by atoms with Crippen molar-refractivity contribution >= 4 is 18.3 Å². The van der Waals surface area contributed by atoms with Gasteiger partial charge in [0.2, 0.25) is 5.91 Å². The Labute approximate surface area is 162 Å². The lowest BCUT2D eigenvalue weighted by molar-refractivity contribution is -0.126. The van der Waals surface area contributed by atoms with Crippen molar-refractivity contribution in [2.45, 2.75) is 57.8 Å². The van der Waals surface area contributed by atoms with E-state index in [1.807, 2.05) is 6.07 Å². The Hall–Kier alpha value is -1.14. The molecular weight excluding hydrogens is 350 g/mol. The third-order valence-corrected chi connectivity index (χ3v) is 5.52. The number of likely N-dealkylation sites (tertiary alicyclic amines) is 1. The fourth-order valence-electron chi connectivity index (χ4n) is 3.90. The number of piperidine rings is 2. The number of nitrogens with zero attached hydrogens (tertiary/aromatic N) is 1. The summed E-state index contributed by atoms with van der Waals surface area (Å²) in [6.07, 6.45) is 3.41. The molecule has 1 aromatic carbocycles. The van der Waals surface area contributed by atoms with Gasteiger partial charge in [-0.2, -0.15) is 0 Å². The molecule has 5 nitrogen and oxygen atoms in total. The van der Waals surface area contributed by atoms with Crippen LogP contribution in [-0.2, 0) is 17.9 Å². The zero-order chi connectivity index (χ0) is 17.6. The number of nitrogens with one attached hydrogen (secondary N) is 2. The number of rotatable bonds is 5. The molecule has 0 aliphatic carbocycles. The van der Waals surface area contributed by atoms with Gasteiger partial charge in [0.25, 0.3) is 0 Å². The smallest absolute Gasteiger partial charge is 0.223 e. The van der Waals surface area contributed by atoms with Crippen molar-refractivity contribution in [1.29, 1.82) is 0 Å². The highest BCUT2D eigenvalue weighted by Crippen LogP contribution is 2.18. The van der Waals surface area contributed by atoms with Crippen LogP contribution in [0.5, 0.6) is 0 Å². The number of aliphatic hydroxyl groups is 1. The Morgan fingerprint density at radius 3 is 2.62 bits per heavy atom. The molecule has 0 aromatic heterocycles. The van der Waals surface area contributed by atoms with Crippen LogP contribution in [0.25, 0.3) is 0 Å². The van der Waals surface area contributed by atoms with Crippen LogP contribution in [0.4, 0.5) is 0 Å². The normalized spacial score (nSPS) is 24.7. The Morgan fingerprint density at radius 1 is 1.23 bits per heavy atom. The molecule has 0 bridgehead atoms. The van der Waals surface area contributed by atoms with Crippen LogP contribution in [0.15, 0.2) is 24.3 Å². The van der Waals surface area contributed by atoms with E-state index in [1.54, 1.807) is 0 Å². The second kappa shape index (κ2) is 10.3. The first-order valence-electron chi connectivity index (χ1n) is 9.60. The average Bonchev–Trinajstić information content (AvgIpc) is 2.62. The first-order chi connectivity index (χ1) is 12.1. The molecular formula is C20H32ClN3O2. The van der Waals surface area contributed by atoms with Crippen LogP contribution in [0.1, 0.15) is 43.7 Å². The third kappa shape index (κ3) is 5.95. The first kappa shape index (κ1) is 21.2. The van der Waals surface area contributed by atoms with Crippen LogP contribution >= 0.6 is 12.4 Å². The minimum Gasteiger partial charge on any atom is -0.393 e. The van der Waals surface area contributed by atoms with Gasteiger partial charge in [-0.1, -0.05) is 24.3 Å². The number of amides is 1. The minimum absolute atomic E-state index is 0. The van der Waals surface area contributed by atoms with Gasteiger partial charge < -0.3 is 15.7 Å². The van der Waals surface area contributed by atoms with Crippen LogP contribution < -0.4 is 10.6 Å². The van der Waals surface area contributed by atoms with Gasteiger partial charge in [-0.25, -0.2) is 0 Å². The Morgan fingerprint density at radius 2 is 1.92 bits per heavy atom. The monoisotopic (exact) mass is 381 g/mol. The van der Waals surface area contributed by atoms with Crippen molar-refractivity contribution in [3.63, 3.8) is 0 Å². The summed E-state index contributed by atoms with van der Waals surface area (Å²) < 4.78 is 0. The zero-order valence-corrected chi connectivity index (χ0v) is 16.4. The lowest BCUT2D eigenvalue weighted by atomic mass is 9.92. The predicted molar refractivity (Wildman–Crippen MR) is 106 cm³/mol.